The van der Waals surface area contributed by atoms with Crippen LogP contribution in [-0.2, 0) is 4.79 Å². The van der Waals surface area contributed by atoms with Crippen molar-refractivity contribution in [2.75, 3.05) is 0 Å². The summed E-state index contributed by atoms with van der Waals surface area (Å²) in [6, 6.07) is 6.46. The third kappa shape index (κ3) is 3.07. The average molecular weight is 287 g/mol. The molecule has 1 aromatic rings. The lowest BCUT2D eigenvalue weighted by molar-refractivity contribution is -0.128. The van der Waals surface area contributed by atoms with Crippen molar-refractivity contribution in [3.05, 3.63) is 29.3 Å². The van der Waals surface area contributed by atoms with E-state index in [0.717, 1.165) is 29.2 Å². The molecule has 0 heterocycles. The standard InChI is InChI=1S/C18H25NO2/c1-11-4-5-12(2)17(8-11)21-13(3)18(20)19-16-10-14-6-7-15(16)9-14/h4-5,8,13-16H,6-7,9-10H2,1-3H3,(H,19,20)/t13-,14+,15+,16+/m1/s1. The first-order valence-electron chi connectivity index (χ1n) is 8.07. The van der Waals surface area contributed by atoms with E-state index in [2.05, 4.69) is 11.4 Å². The minimum atomic E-state index is -0.440. The number of rotatable bonds is 4. The zero-order valence-corrected chi connectivity index (χ0v) is 13.2. The van der Waals surface area contributed by atoms with Crippen LogP contribution in [0.5, 0.6) is 5.75 Å². The molecule has 1 amide bonds. The summed E-state index contributed by atoms with van der Waals surface area (Å²) < 4.78 is 5.87. The van der Waals surface area contributed by atoms with Crippen molar-refractivity contribution in [2.45, 2.75) is 58.6 Å². The lowest BCUT2D eigenvalue weighted by atomic mass is 9.95. The number of aryl methyl sites for hydroxylation is 2. The maximum Gasteiger partial charge on any atom is 0.261 e. The highest BCUT2D eigenvalue weighted by Gasteiger charge is 2.40. The number of carbonyl (C=O) groups excluding carboxylic acids is 1. The van der Waals surface area contributed by atoms with E-state index >= 15 is 0 Å². The Balaban J connectivity index is 1.58. The van der Waals surface area contributed by atoms with Crippen molar-refractivity contribution >= 4 is 5.91 Å². The molecule has 0 unspecified atom stereocenters. The number of hydrogen-bond donors (Lipinski definition) is 1. The second-order valence-electron chi connectivity index (χ2n) is 6.82. The summed E-state index contributed by atoms with van der Waals surface area (Å²) in [5, 5.41) is 3.20. The SMILES string of the molecule is Cc1ccc(C)c(O[C@H](C)C(=O)N[C@H]2C[C@H]3CC[C@H]2C3)c1. The average Bonchev–Trinajstić information content (AvgIpc) is 3.05. The highest BCUT2D eigenvalue weighted by Crippen LogP contribution is 2.44. The van der Waals surface area contributed by atoms with E-state index in [1.165, 1.54) is 19.3 Å². The summed E-state index contributed by atoms with van der Waals surface area (Å²) in [5.41, 5.74) is 2.22. The molecule has 0 aromatic heterocycles. The molecule has 0 spiro atoms. The fraction of sp³-hybridized carbons (Fsp3) is 0.611. The molecule has 2 saturated carbocycles. The highest BCUT2D eigenvalue weighted by molar-refractivity contribution is 5.81. The monoisotopic (exact) mass is 287 g/mol. The Bertz CT molecular complexity index is 540. The Morgan fingerprint density at radius 1 is 1.29 bits per heavy atom. The Morgan fingerprint density at radius 3 is 2.76 bits per heavy atom. The lowest BCUT2D eigenvalue weighted by Crippen LogP contribution is -2.44. The molecule has 2 bridgehead atoms. The fourth-order valence-corrected chi connectivity index (χ4v) is 3.80. The van der Waals surface area contributed by atoms with Gasteiger partial charge >= 0.3 is 0 Å². The first-order chi connectivity index (χ1) is 10.0. The van der Waals surface area contributed by atoms with Crippen LogP contribution in [0.15, 0.2) is 18.2 Å². The van der Waals surface area contributed by atoms with Crippen molar-refractivity contribution in [3.63, 3.8) is 0 Å². The number of amides is 1. The molecule has 3 heteroatoms. The minimum absolute atomic E-state index is 0.0217. The molecule has 2 fully saturated rings. The molecular formula is C18H25NO2. The molecule has 1 N–H and O–H groups in total. The summed E-state index contributed by atoms with van der Waals surface area (Å²) in [7, 11) is 0. The second-order valence-corrected chi connectivity index (χ2v) is 6.82. The second kappa shape index (κ2) is 5.70. The summed E-state index contributed by atoms with van der Waals surface area (Å²) in [5.74, 6) is 2.38. The minimum Gasteiger partial charge on any atom is -0.481 e. The third-order valence-electron chi connectivity index (χ3n) is 5.08. The van der Waals surface area contributed by atoms with Gasteiger partial charge in [0.15, 0.2) is 6.10 Å². The van der Waals surface area contributed by atoms with Gasteiger partial charge in [0, 0.05) is 6.04 Å². The first-order valence-corrected chi connectivity index (χ1v) is 8.07. The molecule has 1 aromatic carbocycles. The van der Waals surface area contributed by atoms with Gasteiger partial charge in [-0.15, -0.1) is 0 Å². The van der Waals surface area contributed by atoms with Crippen molar-refractivity contribution in [1.29, 1.82) is 0 Å². The lowest BCUT2D eigenvalue weighted by Gasteiger charge is -2.25. The maximum atomic E-state index is 12.3. The van der Waals surface area contributed by atoms with Crippen LogP contribution in [0.3, 0.4) is 0 Å². The van der Waals surface area contributed by atoms with E-state index in [-0.39, 0.29) is 5.91 Å². The van der Waals surface area contributed by atoms with Crippen LogP contribution in [0.2, 0.25) is 0 Å². The van der Waals surface area contributed by atoms with Crippen LogP contribution in [-0.4, -0.2) is 18.1 Å². The maximum absolute atomic E-state index is 12.3. The quantitative estimate of drug-likeness (QED) is 0.922. The Hall–Kier alpha value is -1.51. The van der Waals surface area contributed by atoms with Gasteiger partial charge in [-0.05, 0) is 69.1 Å². The Kier molecular flexibility index (Phi) is 3.92. The van der Waals surface area contributed by atoms with Gasteiger partial charge in [0.1, 0.15) is 5.75 Å². The van der Waals surface area contributed by atoms with E-state index in [1.807, 2.05) is 32.9 Å². The zero-order valence-electron chi connectivity index (χ0n) is 13.2. The summed E-state index contributed by atoms with van der Waals surface area (Å²) in [4.78, 5) is 12.3. The number of benzene rings is 1. The third-order valence-corrected chi connectivity index (χ3v) is 5.08. The van der Waals surface area contributed by atoms with Crippen molar-refractivity contribution in [1.82, 2.24) is 5.32 Å². The molecule has 114 valence electrons. The van der Waals surface area contributed by atoms with Crippen LogP contribution in [0.25, 0.3) is 0 Å². The molecule has 21 heavy (non-hydrogen) atoms. The summed E-state index contributed by atoms with van der Waals surface area (Å²) in [6.07, 6.45) is 4.65. The van der Waals surface area contributed by atoms with Gasteiger partial charge in [0.25, 0.3) is 5.91 Å². The van der Waals surface area contributed by atoms with Gasteiger partial charge in [-0.3, -0.25) is 4.79 Å². The van der Waals surface area contributed by atoms with Gasteiger partial charge in [0.05, 0.1) is 0 Å². The van der Waals surface area contributed by atoms with Gasteiger partial charge < -0.3 is 10.1 Å². The zero-order chi connectivity index (χ0) is 15.0. The molecule has 2 aliphatic carbocycles. The molecule has 0 radical (unpaired) electrons. The fourth-order valence-electron chi connectivity index (χ4n) is 3.80. The number of hydrogen-bond acceptors (Lipinski definition) is 2. The number of ether oxygens (including phenoxy) is 1. The van der Waals surface area contributed by atoms with Crippen LogP contribution in [0.4, 0.5) is 0 Å². The van der Waals surface area contributed by atoms with E-state index in [1.54, 1.807) is 0 Å². The smallest absolute Gasteiger partial charge is 0.261 e. The van der Waals surface area contributed by atoms with E-state index in [0.29, 0.717) is 12.0 Å². The first kappa shape index (κ1) is 14.4. The number of nitrogens with one attached hydrogen (secondary N) is 1. The Morgan fingerprint density at radius 2 is 2.10 bits per heavy atom. The normalized spacial score (nSPS) is 28.4. The topological polar surface area (TPSA) is 38.3 Å². The molecule has 3 rings (SSSR count). The largest absolute Gasteiger partial charge is 0.481 e. The van der Waals surface area contributed by atoms with Gasteiger partial charge in [-0.1, -0.05) is 18.6 Å². The van der Waals surface area contributed by atoms with Crippen LogP contribution in [0.1, 0.15) is 43.7 Å². The molecule has 0 aliphatic heterocycles. The number of carbonyl (C=O) groups is 1. The van der Waals surface area contributed by atoms with E-state index in [4.69, 9.17) is 4.74 Å². The van der Waals surface area contributed by atoms with Gasteiger partial charge in [-0.2, -0.15) is 0 Å². The van der Waals surface area contributed by atoms with Crippen molar-refractivity contribution in [3.8, 4) is 5.75 Å². The molecule has 0 saturated heterocycles. The number of fused-ring (bicyclic) bond motifs is 2. The van der Waals surface area contributed by atoms with Crippen LogP contribution in [0, 0.1) is 25.7 Å². The highest BCUT2D eigenvalue weighted by atomic mass is 16.5. The molecule has 4 atom stereocenters. The van der Waals surface area contributed by atoms with Gasteiger partial charge in [-0.25, -0.2) is 0 Å². The van der Waals surface area contributed by atoms with Crippen LogP contribution < -0.4 is 10.1 Å². The van der Waals surface area contributed by atoms with E-state index in [9.17, 15) is 4.79 Å². The van der Waals surface area contributed by atoms with Crippen LogP contribution >= 0.6 is 0 Å². The predicted octanol–water partition coefficient (Wildman–Crippen LogP) is 3.38. The molecular weight excluding hydrogens is 262 g/mol. The van der Waals surface area contributed by atoms with Crippen molar-refractivity contribution in [2.24, 2.45) is 11.8 Å². The van der Waals surface area contributed by atoms with E-state index < -0.39 is 6.10 Å². The summed E-state index contributed by atoms with van der Waals surface area (Å²) >= 11 is 0. The summed E-state index contributed by atoms with van der Waals surface area (Å²) in [6.45, 7) is 5.88. The molecule has 2 aliphatic rings. The van der Waals surface area contributed by atoms with Gasteiger partial charge in [0.2, 0.25) is 0 Å². The van der Waals surface area contributed by atoms with Crippen molar-refractivity contribution < 1.29 is 9.53 Å². The predicted molar refractivity (Wildman–Crippen MR) is 83.4 cm³/mol. The molecule has 3 nitrogen and oxygen atoms in total. The Labute approximate surface area is 127 Å².